The molecule has 0 saturated heterocycles. The van der Waals surface area contributed by atoms with Crippen molar-refractivity contribution < 1.29 is 9.32 Å². The van der Waals surface area contributed by atoms with Gasteiger partial charge in [-0.3, -0.25) is 4.79 Å². The van der Waals surface area contributed by atoms with Crippen molar-refractivity contribution in [1.29, 1.82) is 0 Å². The van der Waals surface area contributed by atoms with Crippen LogP contribution in [0.3, 0.4) is 0 Å². The third kappa shape index (κ3) is 4.70. The van der Waals surface area contributed by atoms with Crippen LogP contribution in [0, 0.1) is 6.92 Å². The van der Waals surface area contributed by atoms with Crippen LogP contribution in [0.2, 0.25) is 0 Å². The van der Waals surface area contributed by atoms with E-state index in [0.29, 0.717) is 18.0 Å². The van der Waals surface area contributed by atoms with Crippen LogP contribution < -0.4 is 10.6 Å². The quantitative estimate of drug-likeness (QED) is 0.712. The van der Waals surface area contributed by atoms with E-state index in [0.717, 1.165) is 22.4 Å². The summed E-state index contributed by atoms with van der Waals surface area (Å²) >= 11 is 2.87. The van der Waals surface area contributed by atoms with Crippen molar-refractivity contribution in [2.45, 2.75) is 43.2 Å². The molecule has 2 N–H and O–H groups in total. The first-order chi connectivity index (χ1) is 10.6. The van der Waals surface area contributed by atoms with E-state index in [4.69, 9.17) is 4.52 Å². The minimum Gasteiger partial charge on any atom is -0.360 e. The lowest BCUT2D eigenvalue weighted by Gasteiger charge is -2.10. The number of aryl methyl sites for hydroxylation is 1. The summed E-state index contributed by atoms with van der Waals surface area (Å²) < 4.78 is 5.71. The van der Waals surface area contributed by atoms with Crippen LogP contribution in [0.15, 0.2) is 14.9 Å². The lowest BCUT2D eigenvalue weighted by Crippen LogP contribution is -2.24. The second-order valence-corrected chi connectivity index (χ2v) is 7.05. The van der Waals surface area contributed by atoms with Gasteiger partial charge < -0.3 is 15.2 Å². The lowest BCUT2D eigenvalue weighted by molar-refractivity contribution is -0.115. The molecule has 2 rings (SSSR count). The third-order valence-electron chi connectivity index (χ3n) is 2.72. The molecule has 22 heavy (non-hydrogen) atoms. The molecule has 0 fully saturated rings. The van der Waals surface area contributed by atoms with Crippen molar-refractivity contribution >= 4 is 40.0 Å². The maximum atomic E-state index is 12.3. The van der Waals surface area contributed by atoms with Crippen molar-refractivity contribution in [3.63, 3.8) is 0 Å². The van der Waals surface area contributed by atoms with Crippen LogP contribution in [0.5, 0.6) is 0 Å². The van der Waals surface area contributed by atoms with Gasteiger partial charge in [-0.25, -0.2) is 0 Å². The summed E-state index contributed by atoms with van der Waals surface area (Å²) in [6.07, 6.45) is 1.71. The summed E-state index contributed by atoms with van der Waals surface area (Å²) in [5.74, 6) is 0.981. The Bertz CT molecular complexity index is 613. The molecule has 9 heteroatoms. The normalized spacial score (nSPS) is 12.1. The monoisotopic (exact) mass is 341 g/mol. The first-order valence-corrected chi connectivity index (χ1v) is 8.80. The zero-order chi connectivity index (χ0) is 15.9. The smallest absolute Gasteiger partial charge is 0.239 e. The Labute approximate surface area is 137 Å². The van der Waals surface area contributed by atoms with Gasteiger partial charge in [0, 0.05) is 12.6 Å². The van der Waals surface area contributed by atoms with Crippen LogP contribution in [-0.4, -0.2) is 33.1 Å². The van der Waals surface area contributed by atoms with Crippen molar-refractivity contribution in [1.82, 2.24) is 15.4 Å². The van der Waals surface area contributed by atoms with Crippen LogP contribution in [0.1, 0.15) is 32.4 Å². The predicted molar refractivity (Wildman–Crippen MR) is 88.5 cm³/mol. The number of nitrogens with one attached hydrogen (secondary N) is 2. The number of carbonyl (C=O) groups excluding carboxylic acids is 1. The third-order valence-corrected chi connectivity index (χ3v) is 5.05. The average molecular weight is 341 g/mol. The van der Waals surface area contributed by atoms with E-state index >= 15 is 0 Å². The van der Waals surface area contributed by atoms with E-state index in [-0.39, 0.29) is 11.2 Å². The van der Waals surface area contributed by atoms with Gasteiger partial charge in [0.05, 0.1) is 5.25 Å². The molecule has 0 aliphatic rings. The number of hydrogen-bond acceptors (Lipinski definition) is 8. The van der Waals surface area contributed by atoms with E-state index < -0.39 is 0 Å². The predicted octanol–water partition coefficient (Wildman–Crippen LogP) is 3.17. The number of nitrogens with zero attached hydrogens (tertiary/aromatic N) is 3. The summed E-state index contributed by atoms with van der Waals surface area (Å²) in [6, 6.07) is 1.69. The van der Waals surface area contributed by atoms with Gasteiger partial charge >= 0.3 is 0 Å². The van der Waals surface area contributed by atoms with Gasteiger partial charge in [0.25, 0.3) is 0 Å². The summed E-state index contributed by atoms with van der Waals surface area (Å²) in [5, 5.41) is 18.4. The topological polar surface area (TPSA) is 92.9 Å². The molecule has 0 radical (unpaired) electrons. The highest BCUT2D eigenvalue weighted by Gasteiger charge is 2.21. The molecular formula is C13H19N5O2S2. The van der Waals surface area contributed by atoms with Gasteiger partial charge in [0.15, 0.2) is 10.2 Å². The molecule has 120 valence electrons. The molecule has 1 unspecified atom stereocenters. The molecule has 1 atom stereocenters. The Morgan fingerprint density at radius 3 is 2.91 bits per heavy atom. The molecule has 0 aliphatic carbocycles. The molecule has 0 aromatic carbocycles. The van der Waals surface area contributed by atoms with Crippen LogP contribution >= 0.6 is 23.1 Å². The van der Waals surface area contributed by atoms with E-state index in [1.807, 2.05) is 6.92 Å². The molecule has 1 amide bonds. The van der Waals surface area contributed by atoms with Gasteiger partial charge in [0.1, 0.15) is 5.76 Å². The Hall–Kier alpha value is -1.61. The molecule has 2 aromatic rings. The van der Waals surface area contributed by atoms with Gasteiger partial charge in [-0.1, -0.05) is 42.1 Å². The number of hydrogen-bond donors (Lipinski definition) is 2. The Morgan fingerprint density at radius 1 is 1.45 bits per heavy atom. The van der Waals surface area contributed by atoms with Crippen LogP contribution in [0.4, 0.5) is 10.9 Å². The number of anilines is 2. The number of amides is 1. The molecule has 0 bridgehead atoms. The van der Waals surface area contributed by atoms with Crippen LogP contribution in [-0.2, 0) is 4.79 Å². The molecule has 0 aliphatic heterocycles. The fourth-order valence-corrected chi connectivity index (χ4v) is 3.58. The first kappa shape index (κ1) is 16.8. The lowest BCUT2D eigenvalue weighted by atomic mass is 10.3. The largest absolute Gasteiger partial charge is 0.360 e. The second-order valence-electron chi connectivity index (χ2n) is 4.63. The maximum Gasteiger partial charge on any atom is 0.239 e. The van der Waals surface area contributed by atoms with Crippen molar-refractivity contribution in [3.05, 3.63) is 11.8 Å². The second kappa shape index (κ2) is 8.14. The molecule has 2 aromatic heterocycles. The summed E-state index contributed by atoms with van der Waals surface area (Å²) in [5.41, 5.74) is 0. The minimum absolute atomic E-state index is 0.112. The molecule has 0 saturated carbocycles. The number of thioether (sulfide) groups is 1. The summed E-state index contributed by atoms with van der Waals surface area (Å²) in [7, 11) is 0. The SMILES string of the molecule is CCCNc1nnc(SC(CC)C(=O)Nc2cc(C)on2)s1. The Balaban J connectivity index is 1.93. The van der Waals surface area contributed by atoms with Crippen LogP contribution in [0.25, 0.3) is 0 Å². The van der Waals surface area contributed by atoms with E-state index in [9.17, 15) is 4.79 Å². The summed E-state index contributed by atoms with van der Waals surface area (Å²) in [6.45, 7) is 6.69. The van der Waals surface area contributed by atoms with Crippen molar-refractivity contribution in [2.75, 3.05) is 17.2 Å². The van der Waals surface area contributed by atoms with E-state index in [2.05, 4.69) is 32.9 Å². The fourth-order valence-electron chi connectivity index (χ4n) is 1.64. The number of rotatable bonds is 8. The van der Waals surface area contributed by atoms with Gasteiger partial charge in [0.2, 0.25) is 11.0 Å². The van der Waals surface area contributed by atoms with E-state index in [1.54, 1.807) is 13.0 Å². The summed E-state index contributed by atoms with van der Waals surface area (Å²) in [4.78, 5) is 12.3. The zero-order valence-electron chi connectivity index (χ0n) is 12.8. The number of aromatic nitrogens is 3. The van der Waals surface area contributed by atoms with Gasteiger partial charge in [-0.15, -0.1) is 10.2 Å². The molecular weight excluding hydrogens is 322 g/mol. The van der Waals surface area contributed by atoms with Gasteiger partial charge in [-0.2, -0.15) is 0 Å². The van der Waals surface area contributed by atoms with E-state index in [1.165, 1.54) is 23.1 Å². The zero-order valence-corrected chi connectivity index (χ0v) is 14.4. The molecule has 0 spiro atoms. The van der Waals surface area contributed by atoms with Crippen molar-refractivity contribution in [2.24, 2.45) is 0 Å². The average Bonchev–Trinajstić information content (AvgIpc) is 3.11. The van der Waals surface area contributed by atoms with Gasteiger partial charge in [-0.05, 0) is 19.8 Å². The minimum atomic E-state index is -0.246. The first-order valence-electron chi connectivity index (χ1n) is 7.10. The highest BCUT2D eigenvalue weighted by atomic mass is 32.2. The highest BCUT2D eigenvalue weighted by molar-refractivity contribution is 8.02. The maximum absolute atomic E-state index is 12.3. The van der Waals surface area contributed by atoms with Crippen molar-refractivity contribution in [3.8, 4) is 0 Å². The Kier molecular flexibility index (Phi) is 6.20. The number of carbonyl (C=O) groups is 1. The fraction of sp³-hybridized carbons (Fsp3) is 0.538. The Morgan fingerprint density at radius 2 is 2.27 bits per heavy atom. The molecule has 7 nitrogen and oxygen atoms in total. The highest BCUT2D eigenvalue weighted by Crippen LogP contribution is 2.30. The molecule has 2 heterocycles. The standard InChI is InChI=1S/C13H19N5O2S2/c1-4-6-14-12-16-17-13(22-12)21-9(5-2)11(19)15-10-7-8(3)20-18-10/h7,9H,4-6H2,1-3H3,(H,14,16)(H,15,18,19).